The molecule has 0 radical (unpaired) electrons. The average molecular weight is 435 g/mol. The van der Waals surface area contributed by atoms with E-state index in [1.807, 2.05) is 0 Å². The number of hydrogen-bond donors (Lipinski definition) is 1. The van der Waals surface area contributed by atoms with E-state index in [0.717, 1.165) is 11.1 Å². The highest BCUT2D eigenvalue weighted by molar-refractivity contribution is 5.90. The Labute approximate surface area is 186 Å². The zero-order valence-corrected chi connectivity index (χ0v) is 18.1. The zero-order valence-electron chi connectivity index (χ0n) is 18.1. The minimum atomic E-state index is -0.618. The van der Waals surface area contributed by atoms with Crippen LogP contribution in [-0.4, -0.2) is 24.5 Å². The molecule has 0 saturated heterocycles. The number of rotatable bonds is 9. The molecule has 0 atom stereocenters. The van der Waals surface area contributed by atoms with E-state index >= 15 is 0 Å². The van der Waals surface area contributed by atoms with Gasteiger partial charge in [0.05, 0.1) is 6.61 Å². The van der Waals surface area contributed by atoms with E-state index in [4.69, 9.17) is 19.9 Å². The highest BCUT2D eigenvalue weighted by atomic mass is 16.5. The van der Waals surface area contributed by atoms with Crippen LogP contribution in [0.1, 0.15) is 20.3 Å². The predicted molar refractivity (Wildman–Crippen MR) is 122 cm³/mol. The van der Waals surface area contributed by atoms with Gasteiger partial charge >= 0.3 is 17.9 Å². The second kappa shape index (κ2) is 10.8. The summed E-state index contributed by atoms with van der Waals surface area (Å²) in [6.07, 6.45) is 0.148. The first kappa shape index (κ1) is 24.1. The number of ether oxygens (including phenoxy) is 3. The Bertz CT molecular complexity index is 1080. The fraction of sp³-hybridized carbons (Fsp3) is 0.160. The van der Waals surface area contributed by atoms with Crippen LogP contribution in [0.5, 0.6) is 11.5 Å². The second-order valence-corrected chi connectivity index (χ2v) is 7.10. The van der Waals surface area contributed by atoms with E-state index in [0.29, 0.717) is 17.2 Å². The van der Waals surface area contributed by atoms with Crippen LogP contribution in [-0.2, 0) is 19.1 Å². The molecule has 2 N–H and O–H groups in total. The molecule has 0 spiro atoms. The van der Waals surface area contributed by atoms with E-state index in [-0.39, 0.29) is 29.7 Å². The summed E-state index contributed by atoms with van der Waals surface area (Å²) in [6, 6.07) is 11.6. The molecule has 2 rings (SSSR count). The van der Waals surface area contributed by atoms with Crippen molar-refractivity contribution in [2.24, 2.45) is 0 Å². The van der Waals surface area contributed by atoms with E-state index in [1.54, 1.807) is 49.4 Å². The van der Waals surface area contributed by atoms with Crippen LogP contribution >= 0.6 is 0 Å². The molecule has 7 heteroatoms. The lowest BCUT2D eigenvalue weighted by Gasteiger charge is -2.11. The van der Waals surface area contributed by atoms with Gasteiger partial charge in [0, 0.05) is 40.5 Å². The summed E-state index contributed by atoms with van der Waals surface area (Å²) in [5.74, 6) is -1.03. The van der Waals surface area contributed by atoms with Crippen molar-refractivity contribution >= 4 is 23.6 Å². The molecule has 0 fully saturated rings. The summed E-state index contributed by atoms with van der Waals surface area (Å²) >= 11 is 0. The molecule has 0 heterocycles. The lowest BCUT2D eigenvalue weighted by Crippen LogP contribution is -2.14. The van der Waals surface area contributed by atoms with Gasteiger partial charge in [-0.05, 0) is 43.7 Å². The second-order valence-electron chi connectivity index (χ2n) is 7.10. The maximum atomic E-state index is 12.2. The van der Waals surface area contributed by atoms with Gasteiger partial charge in [-0.2, -0.15) is 0 Å². The average Bonchev–Trinajstić information content (AvgIpc) is 2.74. The van der Waals surface area contributed by atoms with Crippen LogP contribution in [0.2, 0.25) is 0 Å². The largest absolute Gasteiger partial charge is 0.462 e. The molecular formula is C25H25NO6. The Morgan fingerprint density at radius 1 is 0.812 bits per heavy atom. The monoisotopic (exact) mass is 435 g/mol. The van der Waals surface area contributed by atoms with E-state index in [2.05, 4.69) is 19.7 Å². The smallest absolute Gasteiger partial charge is 0.338 e. The number of anilines is 1. The van der Waals surface area contributed by atoms with Gasteiger partial charge in [0.1, 0.15) is 11.5 Å². The molecule has 32 heavy (non-hydrogen) atoms. The minimum absolute atomic E-state index is 0.00944. The van der Waals surface area contributed by atoms with Crippen molar-refractivity contribution in [3.8, 4) is 22.6 Å². The molecule has 2 aromatic carbocycles. The van der Waals surface area contributed by atoms with E-state index in [1.165, 1.54) is 6.92 Å². The summed E-state index contributed by atoms with van der Waals surface area (Å²) in [7, 11) is 0. The summed E-state index contributed by atoms with van der Waals surface area (Å²) in [6.45, 7) is 13.8. The van der Waals surface area contributed by atoms with Gasteiger partial charge in [0.2, 0.25) is 0 Å². The molecule has 7 nitrogen and oxygen atoms in total. The Morgan fingerprint density at radius 3 is 1.94 bits per heavy atom. The Morgan fingerprint density at radius 2 is 1.38 bits per heavy atom. The highest BCUT2D eigenvalue weighted by Gasteiger charge is 2.13. The van der Waals surface area contributed by atoms with Crippen molar-refractivity contribution in [1.82, 2.24) is 0 Å². The fourth-order valence-electron chi connectivity index (χ4n) is 2.44. The number of carbonyl (C=O) groups excluding carboxylic acids is 3. The molecule has 0 aromatic heterocycles. The van der Waals surface area contributed by atoms with Crippen LogP contribution in [0.4, 0.5) is 5.69 Å². The molecule has 0 aliphatic heterocycles. The topological polar surface area (TPSA) is 105 Å². The molecule has 0 aliphatic carbocycles. The van der Waals surface area contributed by atoms with Crippen LogP contribution < -0.4 is 15.2 Å². The van der Waals surface area contributed by atoms with Crippen LogP contribution in [0.15, 0.2) is 78.9 Å². The first-order valence-corrected chi connectivity index (χ1v) is 9.68. The number of nitrogen functional groups attached to an aromatic ring is 1. The Kier molecular flexibility index (Phi) is 8.12. The molecule has 0 amide bonds. The van der Waals surface area contributed by atoms with Crippen LogP contribution in [0, 0.1) is 0 Å². The lowest BCUT2D eigenvalue weighted by molar-refractivity contribution is -0.139. The van der Waals surface area contributed by atoms with Crippen molar-refractivity contribution in [2.75, 3.05) is 12.3 Å². The molecule has 0 unspecified atom stereocenters. The molecular weight excluding hydrogens is 410 g/mol. The van der Waals surface area contributed by atoms with Crippen LogP contribution in [0.3, 0.4) is 0 Å². The minimum Gasteiger partial charge on any atom is -0.462 e. The fourth-order valence-corrected chi connectivity index (χ4v) is 2.44. The third-order valence-corrected chi connectivity index (χ3v) is 4.23. The number of nitrogens with two attached hydrogens (primary N) is 1. The van der Waals surface area contributed by atoms with Crippen molar-refractivity contribution in [3.63, 3.8) is 0 Å². The maximum Gasteiger partial charge on any atom is 0.338 e. The van der Waals surface area contributed by atoms with Crippen molar-refractivity contribution in [1.29, 1.82) is 0 Å². The third-order valence-electron chi connectivity index (χ3n) is 4.23. The number of hydrogen-bond acceptors (Lipinski definition) is 7. The molecule has 0 saturated carbocycles. The maximum absolute atomic E-state index is 12.2. The Hall–Kier alpha value is -4.13. The van der Waals surface area contributed by atoms with E-state index < -0.39 is 17.9 Å². The predicted octanol–water partition coefficient (Wildman–Crippen LogP) is 4.39. The van der Waals surface area contributed by atoms with Gasteiger partial charge in [0.15, 0.2) is 0 Å². The Balaban J connectivity index is 1.98. The van der Waals surface area contributed by atoms with Gasteiger partial charge in [-0.1, -0.05) is 31.9 Å². The lowest BCUT2D eigenvalue weighted by atomic mass is 10.0. The van der Waals surface area contributed by atoms with Gasteiger partial charge in [-0.3, -0.25) is 0 Å². The standard InChI is InChI=1S/C25H25NO6/c1-15(2)23(27)30-13-12-17(5)25(29)31-19-8-6-18(7-9-19)21-11-10-20(14-22(21)26)32-24(28)16(3)4/h6-11,14H,1,3,5,12-13,26H2,2,4H3. The van der Waals surface area contributed by atoms with Crippen molar-refractivity contribution in [3.05, 3.63) is 78.9 Å². The molecule has 166 valence electrons. The summed E-state index contributed by atoms with van der Waals surface area (Å²) in [4.78, 5) is 35.1. The first-order valence-electron chi connectivity index (χ1n) is 9.68. The van der Waals surface area contributed by atoms with Gasteiger partial charge in [-0.15, -0.1) is 0 Å². The summed E-state index contributed by atoms with van der Waals surface area (Å²) < 4.78 is 15.4. The molecule has 0 bridgehead atoms. The number of esters is 3. The molecule has 2 aromatic rings. The van der Waals surface area contributed by atoms with Gasteiger partial charge in [-0.25, -0.2) is 14.4 Å². The summed E-state index contributed by atoms with van der Waals surface area (Å²) in [5, 5.41) is 0. The normalized spacial score (nSPS) is 10.1. The van der Waals surface area contributed by atoms with Gasteiger partial charge in [0.25, 0.3) is 0 Å². The number of benzene rings is 2. The highest BCUT2D eigenvalue weighted by Crippen LogP contribution is 2.31. The summed E-state index contributed by atoms with van der Waals surface area (Å²) in [5.41, 5.74) is 8.76. The van der Waals surface area contributed by atoms with Crippen molar-refractivity contribution < 1.29 is 28.6 Å². The van der Waals surface area contributed by atoms with Crippen molar-refractivity contribution in [2.45, 2.75) is 20.3 Å². The molecule has 0 aliphatic rings. The third kappa shape index (κ3) is 6.70. The van der Waals surface area contributed by atoms with E-state index in [9.17, 15) is 14.4 Å². The SMILES string of the molecule is C=C(C)C(=O)OCCC(=C)C(=O)Oc1ccc(-c2ccc(OC(=O)C(=C)C)cc2N)cc1. The van der Waals surface area contributed by atoms with Crippen LogP contribution in [0.25, 0.3) is 11.1 Å². The quantitative estimate of drug-likeness (QED) is 0.270. The zero-order chi connectivity index (χ0) is 23.8. The first-order chi connectivity index (χ1) is 15.1. The number of carbonyl (C=O) groups is 3. The van der Waals surface area contributed by atoms with Gasteiger partial charge < -0.3 is 19.9 Å².